The van der Waals surface area contributed by atoms with Crippen LogP contribution in [0.1, 0.15) is 38.7 Å². The Morgan fingerprint density at radius 2 is 1.17 bits per heavy atom. The maximum Gasteiger partial charge on any atom is 0.269 e. The molecule has 0 radical (unpaired) electrons. The number of nitrogens with zero attached hydrogens (tertiary/aromatic N) is 5. The molecule has 0 N–H and O–H groups in total. The average molecular weight is 927 g/mol. The lowest BCUT2D eigenvalue weighted by Gasteiger charge is -2.28. The monoisotopic (exact) mass is 926 g/mol. The summed E-state index contributed by atoms with van der Waals surface area (Å²) in [7, 11) is 0. The highest BCUT2D eigenvalue weighted by Crippen LogP contribution is 2.51. The topological polar surface area (TPSA) is 48.3 Å². The van der Waals surface area contributed by atoms with Gasteiger partial charge in [-0.1, -0.05) is 172 Å². The Hall–Kier alpha value is -9.20. The molecule has 4 heterocycles. The van der Waals surface area contributed by atoms with Crippen molar-refractivity contribution in [1.82, 2.24) is 14.1 Å². The molecule has 0 unspecified atom stereocenters. The molecule has 0 fully saturated rings. The first-order valence-corrected chi connectivity index (χ1v) is 23.3. The average Bonchev–Trinajstić information content (AvgIpc) is 4.07. The highest BCUT2D eigenvalue weighted by atomic mass is 16.5. The Kier molecular flexibility index (Phi) is 7.88. The molecule has 7 heteroatoms. The van der Waals surface area contributed by atoms with Crippen LogP contribution in [0.25, 0.3) is 72.3 Å². The Labute approximate surface area is 425 Å². The van der Waals surface area contributed by atoms with Gasteiger partial charge in [-0.05, 0) is 106 Å². The van der Waals surface area contributed by atoms with Gasteiger partial charge in [0, 0.05) is 22.7 Å². The van der Waals surface area contributed by atoms with E-state index in [0.717, 1.165) is 38.9 Å². The van der Waals surface area contributed by atoms with Crippen LogP contribution < -0.4 is 18.9 Å². The van der Waals surface area contributed by atoms with E-state index in [1.54, 1.807) is 22.8 Å². The minimum atomic E-state index is -0.551. The molecule has 0 spiro atoms. The highest BCUT2D eigenvalue weighted by Gasteiger charge is 2.28. The van der Waals surface area contributed by atoms with Gasteiger partial charge in [-0.3, -0.25) is 13.7 Å². The molecular formula is C64H47N5O2. The smallest absolute Gasteiger partial charge is 0.269 e. The van der Waals surface area contributed by atoms with Crippen molar-refractivity contribution in [2.24, 2.45) is 0 Å². The fourth-order valence-corrected chi connectivity index (χ4v) is 9.68. The third kappa shape index (κ3) is 7.21. The predicted molar refractivity (Wildman–Crippen MR) is 287 cm³/mol. The minimum Gasteiger partial charge on any atom is -0.451 e. The van der Waals surface area contributed by atoms with Crippen molar-refractivity contribution < 1.29 is 26.4 Å². The number of imidazole rings is 1. The molecule has 0 bridgehead atoms. The lowest BCUT2D eigenvalue weighted by atomic mass is 9.88. The zero-order valence-corrected chi connectivity index (χ0v) is 38.8. The van der Waals surface area contributed by atoms with Gasteiger partial charge in [0.2, 0.25) is 0 Å². The summed E-state index contributed by atoms with van der Waals surface area (Å²) >= 11 is 0. The second kappa shape index (κ2) is 16.8. The summed E-state index contributed by atoms with van der Waals surface area (Å²) in [5, 5.41) is 2.10. The summed E-state index contributed by atoms with van der Waals surface area (Å²) < 4.78 is 98.8. The number of benzene rings is 9. The zero-order valence-electron chi connectivity index (χ0n) is 47.8. The summed E-state index contributed by atoms with van der Waals surface area (Å²) in [6.07, 6.45) is 5.46. The van der Waals surface area contributed by atoms with E-state index in [4.69, 9.17) is 24.1 Å². The lowest BCUT2D eigenvalue weighted by molar-refractivity contribution is -0.571. The molecule has 0 aliphatic carbocycles. The molecule has 340 valence electrons. The molecule has 1 aliphatic rings. The maximum absolute atomic E-state index is 9.18. The van der Waals surface area contributed by atoms with E-state index in [2.05, 4.69) is 79.0 Å². The molecule has 0 saturated heterocycles. The second-order valence-electron chi connectivity index (χ2n) is 18.4. The van der Waals surface area contributed by atoms with Crippen LogP contribution in [-0.2, 0) is 5.41 Å². The molecule has 0 saturated carbocycles. The number of pyridine rings is 1. The molecular weight excluding hydrogens is 871 g/mol. The number of para-hydroxylation sites is 8. The number of fused-ring (bicyclic) bond motifs is 7. The van der Waals surface area contributed by atoms with Crippen molar-refractivity contribution in [2.75, 3.05) is 4.90 Å². The molecule has 7 nitrogen and oxygen atoms in total. The van der Waals surface area contributed by atoms with Gasteiger partial charge in [-0.15, -0.1) is 0 Å². The van der Waals surface area contributed by atoms with Gasteiger partial charge >= 0.3 is 0 Å². The first kappa shape index (κ1) is 33.3. The molecule has 71 heavy (non-hydrogen) atoms. The third-order valence-corrected chi connectivity index (χ3v) is 13.0. The third-order valence-electron chi connectivity index (χ3n) is 13.0. The van der Waals surface area contributed by atoms with Gasteiger partial charge in [0.1, 0.15) is 5.82 Å². The Morgan fingerprint density at radius 1 is 0.521 bits per heavy atom. The number of rotatable bonds is 6. The van der Waals surface area contributed by atoms with Crippen molar-refractivity contribution in [3.8, 4) is 62.4 Å². The lowest BCUT2D eigenvalue weighted by Crippen LogP contribution is -2.31. The van der Waals surface area contributed by atoms with Crippen LogP contribution in [-0.4, -0.2) is 14.1 Å². The number of anilines is 3. The molecule has 1 aliphatic heterocycles. The van der Waals surface area contributed by atoms with Gasteiger partial charge in [-0.25, -0.2) is 4.98 Å². The Morgan fingerprint density at radius 3 is 1.97 bits per heavy atom. The summed E-state index contributed by atoms with van der Waals surface area (Å²) in [6, 6.07) is 50.1. The number of hydrogen-bond donors (Lipinski definition) is 0. The largest absolute Gasteiger partial charge is 0.451 e. The fraction of sp³-hybridized carbons (Fsp3) is 0.0625. The van der Waals surface area contributed by atoms with E-state index < -0.39 is 42.3 Å². The van der Waals surface area contributed by atoms with Crippen molar-refractivity contribution in [3.05, 3.63) is 242 Å². The first-order valence-electron chi connectivity index (χ1n) is 27.8. The van der Waals surface area contributed by atoms with Crippen LogP contribution in [0, 0.1) is 6.33 Å². The second-order valence-corrected chi connectivity index (χ2v) is 18.4. The van der Waals surface area contributed by atoms with Crippen molar-refractivity contribution in [3.63, 3.8) is 0 Å². The van der Waals surface area contributed by atoms with Crippen LogP contribution in [0.4, 0.5) is 17.1 Å². The molecule has 3 aromatic heterocycles. The summed E-state index contributed by atoms with van der Waals surface area (Å²) in [4.78, 5) is 7.09. The molecule has 12 aromatic rings. The van der Waals surface area contributed by atoms with Crippen LogP contribution in [0.15, 0.2) is 230 Å². The van der Waals surface area contributed by atoms with E-state index >= 15 is 0 Å². The van der Waals surface area contributed by atoms with E-state index in [1.165, 1.54) is 6.07 Å². The predicted octanol–water partition coefficient (Wildman–Crippen LogP) is 16.2. The molecule has 0 atom stereocenters. The van der Waals surface area contributed by atoms with Gasteiger partial charge in [0.15, 0.2) is 23.0 Å². The van der Waals surface area contributed by atoms with E-state index in [9.17, 15) is 2.74 Å². The SMILES string of the molecule is [2H]c1cc(-c2cccc(-c3c([2H])c([2H])c([2H])c([2H])c3[2H])c2-[n+]2[c-]n(-c3ccc4c(c3)N(c3ccc5c6ccccc6n(-c6cc(C(C)(C)C)ccn6)c5c3)c3ccccc3Oc3ccccc3O4)c3ccccc32)c([2H])c([2H])c1[2H]. The van der Waals surface area contributed by atoms with Gasteiger partial charge in [0.05, 0.1) is 57.2 Å². The number of ether oxygens (including phenoxy) is 2. The first-order chi connectivity index (χ1) is 38.6. The van der Waals surface area contributed by atoms with E-state index in [1.807, 2.05) is 114 Å². The number of hydrogen-bond acceptors (Lipinski definition) is 4. The highest BCUT2D eigenvalue weighted by molar-refractivity contribution is 6.10. The normalized spacial score (nSPS) is 14.1. The van der Waals surface area contributed by atoms with Gasteiger partial charge in [0.25, 0.3) is 6.33 Å². The maximum atomic E-state index is 9.18. The fourth-order valence-electron chi connectivity index (χ4n) is 9.68. The van der Waals surface area contributed by atoms with Crippen LogP contribution in [0.5, 0.6) is 23.0 Å². The standard InChI is InChI=1S/C64H47N5O2/c1-64(2,3)45-37-38-65-62(39-45)69-52-26-11-10-23-50(52)51-35-33-47(41-56(51)69)68-55-29-14-15-30-58(55)70-60-31-16-17-32-61(60)71-59-36-34-46(40-57(59)68)66-42-67(54-28-13-12-27-53(54)66)63-48(43-19-6-4-7-20-43)24-18-25-49(63)44-21-8-5-9-22-44/h4-41H,1-3H3/i4D,5D,6D,7D,8D,9D,19D,20D,21D. The van der Waals surface area contributed by atoms with Crippen LogP contribution >= 0.6 is 0 Å². The van der Waals surface area contributed by atoms with Gasteiger partial charge < -0.3 is 14.4 Å². The molecule has 0 amide bonds. The minimum absolute atomic E-state index is 0.0915. The van der Waals surface area contributed by atoms with Crippen molar-refractivity contribution in [2.45, 2.75) is 26.2 Å². The van der Waals surface area contributed by atoms with Gasteiger partial charge in [-0.2, -0.15) is 0 Å². The number of aromatic nitrogens is 4. The van der Waals surface area contributed by atoms with Crippen LogP contribution in [0.3, 0.4) is 0 Å². The van der Waals surface area contributed by atoms with Crippen molar-refractivity contribution in [1.29, 1.82) is 0 Å². The summed E-state index contributed by atoms with van der Waals surface area (Å²) in [6.45, 7) is 6.58. The summed E-state index contributed by atoms with van der Waals surface area (Å²) in [5.41, 5.74) is 7.75. The van der Waals surface area contributed by atoms with Crippen LogP contribution in [0.2, 0.25) is 0 Å². The Balaban J connectivity index is 1.09. The summed E-state index contributed by atoms with van der Waals surface area (Å²) in [5.74, 6) is 2.85. The Bertz CT molecular complexity index is 4540. The molecule has 9 aromatic carbocycles. The van der Waals surface area contributed by atoms with Crippen molar-refractivity contribution >= 4 is 49.9 Å². The van der Waals surface area contributed by atoms with E-state index in [-0.39, 0.29) is 39.9 Å². The van der Waals surface area contributed by atoms with E-state index in [0.29, 0.717) is 56.7 Å². The zero-order chi connectivity index (χ0) is 55.5. The quantitative estimate of drug-likeness (QED) is 0.123. The molecule has 13 rings (SSSR count).